The first-order chi connectivity index (χ1) is 10.7. The molecule has 0 saturated carbocycles. The lowest BCUT2D eigenvalue weighted by atomic mass is 10.1. The van der Waals surface area contributed by atoms with E-state index in [1.807, 2.05) is 12.3 Å². The van der Waals surface area contributed by atoms with Gasteiger partial charge in [0.05, 0.1) is 16.8 Å². The van der Waals surface area contributed by atoms with Crippen molar-refractivity contribution in [3.05, 3.63) is 30.7 Å². The molecule has 1 aliphatic heterocycles. The van der Waals surface area contributed by atoms with E-state index >= 15 is 0 Å². The number of fused-ring (bicyclic) bond motifs is 1. The number of nitrogens with one attached hydrogen (secondary N) is 1. The second kappa shape index (κ2) is 4.94. The fourth-order valence-corrected chi connectivity index (χ4v) is 2.97. The van der Waals surface area contributed by atoms with Crippen LogP contribution in [0.15, 0.2) is 30.7 Å². The summed E-state index contributed by atoms with van der Waals surface area (Å²) in [7, 11) is 0. The Balaban J connectivity index is 1.90. The number of H-pyrrole nitrogens is 1. The van der Waals surface area contributed by atoms with Crippen molar-refractivity contribution in [1.82, 2.24) is 19.9 Å². The van der Waals surface area contributed by atoms with Crippen molar-refractivity contribution in [3.8, 4) is 11.3 Å². The Kier molecular flexibility index (Phi) is 2.92. The minimum Gasteiger partial charge on any atom is -0.368 e. The molecule has 4 heterocycles. The summed E-state index contributed by atoms with van der Waals surface area (Å²) < 4.78 is 13.6. The molecule has 0 aliphatic carbocycles. The predicted octanol–water partition coefficient (Wildman–Crippen LogP) is 2.15. The molecule has 1 fully saturated rings. The van der Waals surface area contributed by atoms with Gasteiger partial charge < -0.3 is 15.6 Å². The van der Waals surface area contributed by atoms with Crippen LogP contribution in [0.2, 0.25) is 0 Å². The van der Waals surface area contributed by atoms with Crippen LogP contribution in [-0.2, 0) is 0 Å². The molecule has 0 spiro atoms. The molecule has 0 bridgehead atoms. The highest BCUT2D eigenvalue weighted by Crippen LogP contribution is 2.35. The molecular formula is C15H15FN6. The van der Waals surface area contributed by atoms with Crippen LogP contribution < -0.4 is 10.6 Å². The van der Waals surface area contributed by atoms with E-state index in [1.165, 1.54) is 0 Å². The first-order valence-corrected chi connectivity index (χ1v) is 7.16. The van der Waals surface area contributed by atoms with Crippen molar-refractivity contribution < 1.29 is 4.39 Å². The van der Waals surface area contributed by atoms with E-state index in [0.717, 1.165) is 28.0 Å². The number of hydrogen-bond acceptors (Lipinski definition) is 5. The fraction of sp³-hybridized carbons (Fsp3) is 0.267. The molecule has 112 valence electrons. The van der Waals surface area contributed by atoms with E-state index in [1.54, 1.807) is 18.5 Å². The SMILES string of the molecule is Nc1nccc(-c2c[nH]c3nccc(N4CC[C@@H](F)C4)c23)n1. The van der Waals surface area contributed by atoms with E-state index in [4.69, 9.17) is 5.73 Å². The van der Waals surface area contributed by atoms with Gasteiger partial charge >= 0.3 is 0 Å². The van der Waals surface area contributed by atoms with E-state index in [0.29, 0.717) is 19.5 Å². The maximum Gasteiger partial charge on any atom is 0.220 e. The molecule has 1 saturated heterocycles. The van der Waals surface area contributed by atoms with E-state index in [-0.39, 0.29) is 5.95 Å². The second-order valence-corrected chi connectivity index (χ2v) is 5.39. The molecule has 7 heteroatoms. The summed E-state index contributed by atoms with van der Waals surface area (Å²) in [5, 5.41) is 0.940. The molecule has 22 heavy (non-hydrogen) atoms. The van der Waals surface area contributed by atoms with Crippen molar-refractivity contribution >= 4 is 22.7 Å². The summed E-state index contributed by atoms with van der Waals surface area (Å²) in [6.07, 6.45) is 4.99. The summed E-state index contributed by atoms with van der Waals surface area (Å²) in [4.78, 5) is 17.7. The van der Waals surface area contributed by atoms with Gasteiger partial charge in [-0.05, 0) is 18.6 Å². The van der Waals surface area contributed by atoms with Crippen molar-refractivity contribution in [2.24, 2.45) is 0 Å². The van der Waals surface area contributed by atoms with Crippen molar-refractivity contribution in [2.75, 3.05) is 23.7 Å². The predicted molar refractivity (Wildman–Crippen MR) is 83.3 cm³/mol. The molecular weight excluding hydrogens is 283 g/mol. The Morgan fingerprint density at radius 1 is 1.27 bits per heavy atom. The van der Waals surface area contributed by atoms with Crippen LogP contribution >= 0.6 is 0 Å². The Labute approximate surface area is 126 Å². The minimum absolute atomic E-state index is 0.224. The molecule has 0 amide bonds. The number of halogens is 1. The zero-order chi connectivity index (χ0) is 15.1. The van der Waals surface area contributed by atoms with E-state index in [9.17, 15) is 4.39 Å². The number of nitrogen functional groups attached to an aromatic ring is 1. The minimum atomic E-state index is -0.777. The zero-order valence-corrected chi connectivity index (χ0v) is 11.8. The Bertz CT molecular complexity index is 830. The van der Waals surface area contributed by atoms with Crippen molar-refractivity contribution in [1.29, 1.82) is 0 Å². The first kappa shape index (κ1) is 13.0. The van der Waals surface area contributed by atoms with Gasteiger partial charge in [0.2, 0.25) is 5.95 Å². The third-order valence-corrected chi connectivity index (χ3v) is 3.97. The number of anilines is 2. The molecule has 3 aromatic rings. The number of alkyl halides is 1. The Hall–Kier alpha value is -2.70. The standard InChI is InChI=1S/C15H15FN6/c16-9-3-6-22(8-9)12-2-5-18-14-13(12)10(7-20-14)11-1-4-19-15(17)21-11/h1-2,4-5,7,9H,3,6,8H2,(H,18,20)(H2,17,19,21)/t9-/m1/s1. The van der Waals surface area contributed by atoms with Crippen LogP contribution in [0.25, 0.3) is 22.3 Å². The van der Waals surface area contributed by atoms with Crippen molar-refractivity contribution in [3.63, 3.8) is 0 Å². The van der Waals surface area contributed by atoms with Crippen LogP contribution in [0.3, 0.4) is 0 Å². The van der Waals surface area contributed by atoms with Gasteiger partial charge in [-0.25, -0.2) is 19.3 Å². The third-order valence-electron chi connectivity index (χ3n) is 3.97. The molecule has 0 unspecified atom stereocenters. The molecule has 6 nitrogen and oxygen atoms in total. The number of aromatic amines is 1. The number of aromatic nitrogens is 4. The molecule has 3 N–H and O–H groups in total. The molecule has 4 rings (SSSR count). The molecule has 0 radical (unpaired) electrons. The summed E-state index contributed by atoms with van der Waals surface area (Å²) >= 11 is 0. The maximum atomic E-state index is 13.6. The Morgan fingerprint density at radius 3 is 2.91 bits per heavy atom. The Morgan fingerprint density at radius 2 is 2.14 bits per heavy atom. The van der Waals surface area contributed by atoms with Gasteiger partial charge in [-0.3, -0.25) is 0 Å². The van der Waals surface area contributed by atoms with Crippen LogP contribution in [0.5, 0.6) is 0 Å². The van der Waals surface area contributed by atoms with Crippen molar-refractivity contribution in [2.45, 2.75) is 12.6 Å². The largest absolute Gasteiger partial charge is 0.368 e. The third kappa shape index (κ3) is 2.05. The molecule has 1 aliphatic rings. The average molecular weight is 298 g/mol. The lowest BCUT2D eigenvalue weighted by Gasteiger charge is -2.19. The number of hydrogen-bond donors (Lipinski definition) is 2. The van der Waals surface area contributed by atoms with Crippen LogP contribution in [0, 0.1) is 0 Å². The smallest absolute Gasteiger partial charge is 0.220 e. The molecule has 3 aromatic heterocycles. The lowest BCUT2D eigenvalue weighted by Crippen LogP contribution is -2.20. The highest BCUT2D eigenvalue weighted by molar-refractivity contribution is 6.02. The summed E-state index contributed by atoms with van der Waals surface area (Å²) in [5.41, 5.74) is 9.03. The zero-order valence-electron chi connectivity index (χ0n) is 11.8. The van der Waals surface area contributed by atoms with Gasteiger partial charge in [0.15, 0.2) is 0 Å². The maximum absolute atomic E-state index is 13.6. The summed E-state index contributed by atoms with van der Waals surface area (Å²) in [6, 6.07) is 3.72. The second-order valence-electron chi connectivity index (χ2n) is 5.39. The van der Waals surface area contributed by atoms with E-state index < -0.39 is 6.17 Å². The van der Waals surface area contributed by atoms with Crippen LogP contribution in [0.4, 0.5) is 16.0 Å². The normalized spacial score (nSPS) is 18.2. The highest BCUT2D eigenvalue weighted by atomic mass is 19.1. The quantitative estimate of drug-likeness (QED) is 0.757. The highest BCUT2D eigenvalue weighted by Gasteiger charge is 2.25. The number of nitrogens with zero attached hydrogens (tertiary/aromatic N) is 4. The fourth-order valence-electron chi connectivity index (χ4n) is 2.97. The summed E-state index contributed by atoms with van der Waals surface area (Å²) in [6.45, 7) is 1.12. The number of nitrogens with two attached hydrogens (primary N) is 1. The molecule has 0 aromatic carbocycles. The van der Waals surface area contributed by atoms with E-state index in [2.05, 4.69) is 24.8 Å². The topological polar surface area (TPSA) is 83.7 Å². The van der Waals surface area contributed by atoms with Gasteiger partial charge in [-0.15, -0.1) is 0 Å². The first-order valence-electron chi connectivity index (χ1n) is 7.16. The molecule has 1 atom stereocenters. The van der Waals surface area contributed by atoms with Gasteiger partial charge in [0.25, 0.3) is 0 Å². The number of pyridine rings is 1. The van der Waals surface area contributed by atoms with Gasteiger partial charge in [-0.2, -0.15) is 0 Å². The van der Waals surface area contributed by atoms with Gasteiger partial charge in [0.1, 0.15) is 11.8 Å². The average Bonchev–Trinajstić information content (AvgIpc) is 3.13. The van der Waals surface area contributed by atoms with Crippen LogP contribution in [-0.4, -0.2) is 39.2 Å². The van der Waals surface area contributed by atoms with Gasteiger partial charge in [-0.1, -0.05) is 0 Å². The lowest BCUT2D eigenvalue weighted by molar-refractivity contribution is 0.364. The monoisotopic (exact) mass is 298 g/mol. The van der Waals surface area contributed by atoms with Crippen LogP contribution in [0.1, 0.15) is 6.42 Å². The number of rotatable bonds is 2. The van der Waals surface area contributed by atoms with Gasteiger partial charge in [0, 0.05) is 37.2 Å². The summed E-state index contributed by atoms with van der Waals surface area (Å²) in [5.74, 6) is 0.224.